The Morgan fingerprint density at radius 3 is 2.59 bits per heavy atom. The Kier molecular flexibility index (Phi) is 10.6. The van der Waals surface area contributed by atoms with Crippen LogP contribution in [0.5, 0.6) is 0 Å². The summed E-state index contributed by atoms with van der Waals surface area (Å²) in [6.45, 7) is 3.09. The van der Waals surface area contributed by atoms with Crippen molar-refractivity contribution in [2.45, 2.75) is 82.6 Å². The zero-order chi connectivity index (χ0) is 33.6. The van der Waals surface area contributed by atoms with Gasteiger partial charge in [-0.15, -0.1) is 0 Å². The lowest BCUT2D eigenvalue weighted by Gasteiger charge is -2.45. The summed E-state index contributed by atoms with van der Waals surface area (Å²) in [7, 11) is 0. The van der Waals surface area contributed by atoms with Gasteiger partial charge >= 0.3 is 6.09 Å². The van der Waals surface area contributed by atoms with Crippen molar-refractivity contribution in [1.82, 2.24) is 29.2 Å². The highest BCUT2D eigenvalue weighted by molar-refractivity contribution is 6.30. The monoisotopic (exact) mass is 680 g/mol. The van der Waals surface area contributed by atoms with Gasteiger partial charge in [-0.05, 0) is 85.4 Å². The molecule has 9 nitrogen and oxygen atoms in total. The summed E-state index contributed by atoms with van der Waals surface area (Å²) < 4.78 is 8.16. The predicted octanol–water partition coefficient (Wildman–Crippen LogP) is 6.69. The molecule has 1 saturated heterocycles. The molecule has 1 aliphatic heterocycles. The molecule has 2 aliphatic carbocycles. The van der Waals surface area contributed by atoms with Gasteiger partial charge in [-0.1, -0.05) is 60.5 Å². The van der Waals surface area contributed by atoms with Crippen LogP contribution in [0.15, 0.2) is 85.6 Å². The fraction of sp³-hybridized carbons (Fsp3) is 0.436. The Morgan fingerprint density at radius 1 is 0.939 bits per heavy atom. The number of halogens is 1. The van der Waals surface area contributed by atoms with Crippen LogP contribution in [-0.2, 0) is 35.5 Å². The van der Waals surface area contributed by atoms with E-state index in [1.807, 2.05) is 52.2 Å². The summed E-state index contributed by atoms with van der Waals surface area (Å²) in [6, 6.07) is 19.5. The lowest BCUT2D eigenvalue weighted by Crippen LogP contribution is -2.62. The molecule has 4 aromatic rings. The van der Waals surface area contributed by atoms with E-state index >= 15 is 0 Å². The van der Waals surface area contributed by atoms with Crippen molar-refractivity contribution >= 4 is 23.6 Å². The van der Waals surface area contributed by atoms with E-state index in [1.165, 1.54) is 17.5 Å². The fourth-order valence-corrected chi connectivity index (χ4v) is 7.95. The van der Waals surface area contributed by atoms with Gasteiger partial charge in [0.25, 0.3) is 0 Å². The van der Waals surface area contributed by atoms with Crippen LogP contribution in [0.4, 0.5) is 4.79 Å². The van der Waals surface area contributed by atoms with E-state index in [0.29, 0.717) is 37.7 Å². The largest absolute Gasteiger partial charge is 0.446 e. The van der Waals surface area contributed by atoms with Crippen molar-refractivity contribution in [2.75, 3.05) is 26.2 Å². The molecule has 49 heavy (non-hydrogen) atoms. The molecule has 2 aromatic heterocycles. The van der Waals surface area contributed by atoms with E-state index in [9.17, 15) is 9.59 Å². The molecule has 2 aromatic carbocycles. The summed E-state index contributed by atoms with van der Waals surface area (Å²) in [4.78, 5) is 44.0. The minimum atomic E-state index is -0.715. The molecule has 0 unspecified atom stereocenters. The van der Waals surface area contributed by atoms with Crippen molar-refractivity contribution in [3.05, 3.63) is 119 Å². The van der Waals surface area contributed by atoms with E-state index in [2.05, 4.69) is 40.2 Å². The van der Waals surface area contributed by atoms with Crippen molar-refractivity contribution in [1.29, 1.82) is 0 Å². The number of carbonyl (C=O) groups excluding carboxylic acids is 2. The minimum absolute atomic E-state index is 0.0639. The predicted molar refractivity (Wildman–Crippen MR) is 189 cm³/mol. The first-order valence-corrected chi connectivity index (χ1v) is 18.1. The molecule has 3 heterocycles. The molecule has 3 aliphatic rings. The first-order chi connectivity index (χ1) is 24.0. The standard InChI is InChI=1S/C39H45ClN6O3/c40-32-16-17-34-31(25-32)15-14-30-11-7-18-42-36(30)37(34)44-23-24-46(39(48)49-33-12-5-2-6-13-33)35(27-44)38(47)45(26-29-9-3-1-4-10-29)21-8-20-43-22-19-41-28-43/h1,3-4,7,9-11,16-19,22,25,28,33,35,37H,2,5-6,8,12-15,20-21,23-24,26-27H2/t35-,37-/m1/s1. The number of fused-ring (bicyclic) bond motifs is 2. The minimum Gasteiger partial charge on any atom is -0.446 e. The van der Waals surface area contributed by atoms with Gasteiger partial charge in [-0.2, -0.15) is 0 Å². The van der Waals surface area contributed by atoms with Crippen molar-refractivity contribution in [2.24, 2.45) is 0 Å². The van der Waals surface area contributed by atoms with Crippen LogP contribution in [0.2, 0.25) is 5.02 Å². The van der Waals surface area contributed by atoms with E-state index in [1.54, 1.807) is 17.4 Å². The van der Waals surface area contributed by atoms with Gasteiger partial charge < -0.3 is 14.2 Å². The van der Waals surface area contributed by atoms with E-state index in [4.69, 9.17) is 21.3 Å². The van der Waals surface area contributed by atoms with Crippen LogP contribution in [0.25, 0.3) is 0 Å². The quantitative estimate of drug-likeness (QED) is 0.196. The van der Waals surface area contributed by atoms with Gasteiger partial charge in [0.15, 0.2) is 0 Å². The molecule has 1 saturated carbocycles. The fourth-order valence-electron chi connectivity index (χ4n) is 7.76. The second-order valence-corrected chi connectivity index (χ2v) is 14.0. The highest BCUT2D eigenvalue weighted by atomic mass is 35.5. The number of nitrogens with zero attached hydrogens (tertiary/aromatic N) is 6. The SMILES string of the molecule is O=C([C@H]1CN([C@@H]2c3ccc(Cl)cc3CCc3cccnc32)CCN1C(=O)OC1CCCCC1)N(CCCn1ccnc1)Cc1ccccc1. The maximum atomic E-state index is 14.9. The number of piperazine rings is 1. The van der Waals surface area contributed by atoms with Gasteiger partial charge in [0, 0.05) is 62.9 Å². The van der Waals surface area contributed by atoms with E-state index < -0.39 is 6.04 Å². The Balaban J connectivity index is 1.21. The molecule has 7 rings (SSSR count). The third-order valence-corrected chi connectivity index (χ3v) is 10.5. The van der Waals surface area contributed by atoms with Gasteiger partial charge in [0.05, 0.1) is 18.1 Å². The molecule has 0 N–H and O–H groups in total. The summed E-state index contributed by atoms with van der Waals surface area (Å²) in [5, 5.41) is 0.715. The first-order valence-electron chi connectivity index (χ1n) is 17.8. The third kappa shape index (κ3) is 7.84. The molecular weight excluding hydrogens is 636 g/mol. The summed E-state index contributed by atoms with van der Waals surface area (Å²) in [5.74, 6) is -0.0639. The maximum absolute atomic E-state index is 14.9. The molecule has 2 amide bonds. The average Bonchev–Trinajstić information content (AvgIpc) is 3.60. The molecule has 256 valence electrons. The van der Waals surface area contributed by atoms with Crippen molar-refractivity contribution in [3.63, 3.8) is 0 Å². The van der Waals surface area contributed by atoms with Gasteiger partial charge in [0.2, 0.25) is 5.91 Å². The van der Waals surface area contributed by atoms with Gasteiger partial charge in [0.1, 0.15) is 12.1 Å². The van der Waals surface area contributed by atoms with Crippen LogP contribution >= 0.6 is 11.6 Å². The zero-order valence-electron chi connectivity index (χ0n) is 28.0. The number of aromatic nitrogens is 3. The molecular formula is C39H45ClN6O3. The highest BCUT2D eigenvalue weighted by Crippen LogP contribution is 2.38. The Hall–Kier alpha value is -4.21. The molecule has 10 heteroatoms. The number of rotatable bonds is 9. The van der Waals surface area contributed by atoms with Crippen molar-refractivity contribution in [3.8, 4) is 0 Å². The van der Waals surface area contributed by atoms with Crippen LogP contribution in [-0.4, -0.2) is 79.6 Å². The topological polar surface area (TPSA) is 83.8 Å². The van der Waals surface area contributed by atoms with Gasteiger partial charge in [-0.3, -0.25) is 19.6 Å². The van der Waals surface area contributed by atoms with Crippen LogP contribution in [0.1, 0.15) is 72.5 Å². The number of hydrogen-bond donors (Lipinski definition) is 0. The second kappa shape index (κ2) is 15.6. The molecule has 0 spiro atoms. The number of benzene rings is 2. The summed E-state index contributed by atoms with van der Waals surface area (Å²) in [5.41, 5.74) is 5.62. The molecule has 2 fully saturated rings. The number of pyridine rings is 1. The Morgan fingerprint density at radius 2 is 1.78 bits per heavy atom. The van der Waals surface area contributed by atoms with Crippen molar-refractivity contribution < 1.29 is 14.3 Å². The lowest BCUT2D eigenvalue weighted by atomic mass is 9.95. The number of hydrogen-bond acceptors (Lipinski definition) is 6. The number of aryl methyl sites for hydroxylation is 3. The van der Waals surface area contributed by atoms with Crippen LogP contribution in [0, 0.1) is 0 Å². The van der Waals surface area contributed by atoms with Crippen LogP contribution < -0.4 is 0 Å². The van der Waals surface area contributed by atoms with E-state index in [-0.39, 0.29) is 24.1 Å². The van der Waals surface area contributed by atoms with Gasteiger partial charge in [-0.25, -0.2) is 9.78 Å². The summed E-state index contributed by atoms with van der Waals surface area (Å²) in [6.07, 6.45) is 14.4. The third-order valence-electron chi connectivity index (χ3n) is 10.3. The Labute approximate surface area is 293 Å². The Bertz CT molecular complexity index is 1710. The number of ether oxygens (including phenoxy) is 1. The normalized spacial score (nSPS) is 19.8. The second-order valence-electron chi connectivity index (χ2n) is 13.5. The molecule has 0 bridgehead atoms. The maximum Gasteiger partial charge on any atom is 0.410 e. The average molecular weight is 681 g/mol. The molecule has 2 atom stereocenters. The number of imidazole rings is 1. The first kappa shape index (κ1) is 33.3. The highest BCUT2D eigenvalue weighted by Gasteiger charge is 2.42. The molecule has 0 radical (unpaired) electrons. The van der Waals surface area contributed by atoms with E-state index in [0.717, 1.165) is 68.3 Å². The van der Waals surface area contributed by atoms with Crippen LogP contribution in [0.3, 0.4) is 0 Å². The smallest absolute Gasteiger partial charge is 0.410 e. The number of amides is 2. The lowest BCUT2D eigenvalue weighted by molar-refractivity contribution is -0.140. The summed E-state index contributed by atoms with van der Waals surface area (Å²) >= 11 is 6.51. The zero-order valence-corrected chi connectivity index (χ0v) is 28.8. The number of carbonyl (C=O) groups is 2.